The molecule has 17 heteroatoms. The molecule has 242 valence electrons. The summed E-state index contributed by atoms with van der Waals surface area (Å²) in [4.78, 5) is 21.7. The number of pyridine rings is 1. The Morgan fingerprint density at radius 2 is 1.56 bits per heavy atom. The molecule has 0 saturated carbocycles. The first-order valence-corrected chi connectivity index (χ1v) is 14.8. The number of sulfone groups is 1. The molecule has 0 aliphatic carbocycles. The van der Waals surface area contributed by atoms with Crippen LogP contribution in [-0.4, -0.2) is 82.0 Å². The number of aliphatic carboxylic acids is 1. The van der Waals surface area contributed by atoms with Gasteiger partial charge in [0.2, 0.25) is 0 Å². The fourth-order valence-electron chi connectivity index (χ4n) is 4.06. The average molecular weight is 653 g/mol. The first-order valence-electron chi connectivity index (χ1n) is 13.1. The number of methoxy groups -OCH3 is 3. The van der Waals surface area contributed by atoms with Gasteiger partial charge < -0.3 is 19.3 Å². The number of nitrogens with zero attached hydrogens (tertiary/aromatic N) is 6. The van der Waals surface area contributed by atoms with E-state index in [2.05, 4.69) is 25.1 Å². The van der Waals surface area contributed by atoms with Gasteiger partial charge in [-0.25, -0.2) is 23.2 Å². The highest BCUT2D eigenvalue weighted by atomic mass is 32.2. The number of rotatable bonds is 10. The zero-order chi connectivity index (χ0) is 33.5. The van der Waals surface area contributed by atoms with E-state index >= 15 is 0 Å². The first kappa shape index (κ1) is 34.7. The van der Waals surface area contributed by atoms with Gasteiger partial charge in [-0.05, 0) is 37.6 Å². The Hall–Kier alpha value is -4.80. The minimum atomic E-state index is -5.08. The number of carbonyl (C=O) groups is 1. The number of aryl methyl sites for hydroxylation is 1. The summed E-state index contributed by atoms with van der Waals surface area (Å²) in [6.45, 7) is 5.34. The highest BCUT2D eigenvalue weighted by Crippen LogP contribution is 2.37. The zero-order valence-electron chi connectivity index (χ0n) is 25.1. The Labute approximate surface area is 257 Å². The third kappa shape index (κ3) is 8.23. The maximum atomic E-state index is 13.7. The molecule has 4 rings (SSSR count). The van der Waals surface area contributed by atoms with Crippen molar-refractivity contribution in [2.45, 2.75) is 43.9 Å². The standard InChI is InChI=1S/C26H30N6O5S.C2HF3O2/c1-16-10-19(12-27-11-16)26-31-30-23(32(26)24-21(36-5)8-7-9-22(24)37-6)15-38(33,34)18(3)17(2)25-28-13-20(35-4)14-29-25;3-2(4,5)1(6)7/h7-14,17-18H,15H2,1-6H3;(H,6,7)/t17-,18-;/m0./s1. The Kier molecular flexibility index (Phi) is 11.0. The second-order valence-corrected chi connectivity index (χ2v) is 12.0. The number of alkyl halides is 3. The number of aromatic nitrogens is 6. The molecular weight excluding hydrogens is 621 g/mol. The molecule has 0 aliphatic heterocycles. The molecule has 45 heavy (non-hydrogen) atoms. The van der Waals surface area contributed by atoms with E-state index in [4.69, 9.17) is 24.1 Å². The summed E-state index contributed by atoms with van der Waals surface area (Å²) >= 11 is 0. The van der Waals surface area contributed by atoms with Crippen molar-refractivity contribution in [1.82, 2.24) is 29.7 Å². The average Bonchev–Trinajstić information content (AvgIpc) is 3.41. The third-order valence-electron chi connectivity index (χ3n) is 6.62. The van der Waals surface area contributed by atoms with Gasteiger partial charge in [-0.1, -0.05) is 13.0 Å². The van der Waals surface area contributed by atoms with E-state index in [1.165, 1.54) is 33.7 Å². The number of ether oxygens (including phenoxy) is 3. The van der Waals surface area contributed by atoms with Crippen molar-refractivity contribution in [1.29, 1.82) is 0 Å². The van der Waals surface area contributed by atoms with E-state index in [-0.39, 0.29) is 11.6 Å². The lowest BCUT2D eigenvalue weighted by Gasteiger charge is -2.20. The van der Waals surface area contributed by atoms with Gasteiger partial charge in [0.05, 0.1) is 39.0 Å². The summed E-state index contributed by atoms with van der Waals surface area (Å²) in [5.74, 6) is -1.17. The van der Waals surface area contributed by atoms with E-state index in [0.29, 0.717) is 40.1 Å². The fourth-order valence-corrected chi connectivity index (χ4v) is 5.61. The van der Waals surface area contributed by atoms with Crippen molar-refractivity contribution in [2.75, 3.05) is 21.3 Å². The van der Waals surface area contributed by atoms with Crippen LogP contribution >= 0.6 is 0 Å². The lowest BCUT2D eigenvalue weighted by Crippen LogP contribution is -2.27. The highest BCUT2D eigenvalue weighted by Gasteiger charge is 2.38. The SMILES string of the molecule is COc1cnc([C@@H](C)[C@H](C)S(=O)(=O)Cc2nnc(-c3cncc(C)c3)n2-c2c(OC)cccc2OC)nc1.O=C(O)C(F)(F)F. The van der Waals surface area contributed by atoms with Crippen LogP contribution in [0.25, 0.3) is 17.1 Å². The second-order valence-electron chi connectivity index (χ2n) is 9.62. The fraction of sp³-hybridized carbons (Fsp3) is 0.357. The van der Waals surface area contributed by atoms with Crippen LogP contribution in [0.1, 0.15) is 37.0 Å². The lowest BCUT2D eigenvalue weighted by atomic mass is 10.1. The normalized spacial score (nSPS) is 12.8. The molecule has 0 bridgehead atoms. The van der Waals surface area contributed by atoms with Crippen molar-refractivity contribution in [3.8, 4) is 34.3 Å². The minimum absolute atomic E-state index is 0.207. The van der Waals surface area contributed by atoms with Crippen molar-refractivity contribution in [3.63, 3.8) is 0 Å². The van der Waals surface area contributed by atoms with E-state index in [9.17, 15) is 21.6 Å². The van der Waals surface area contributed by atoms with Gasteiger partial charge >= 0.3 is 12.1 Å². The van der Waals surface area contributed by atoms with Gasteiger partial charge in [0.25, 0.3) is 0 Å². The maximum absolute atomic E-state index is 13.7. The molecule has 0 fully saturated rings. The summed E-state index contributed by atoms with van der Waals surface area (Å²) in [6.07, 6.45) is 1.33. The molecule has 0 saturated heterocycles. The van der Waals surface area contributed by atoms with Crippen LogP contribution in [0.2, 0.25) is 0 Å². The van der Waals surface area contributed by atoms with Crippen LogP contribution in [-0.2, 0) is 20.4 Å². The molecule has 0 aliphatic rings. The summed E-state index contributed by atoms with van der Waals surface area (Å²) in [6, 6.07) is 7.22. The minimum Gasteiger partial charge on any atom is -0.494 e. The van der Waals surface area contributed by atoms with E-state index in [1.54, 1.807) is 49.0 Å². The zero-order valence-corrected chi connectivity index (χ0v) is 25.9. The van der Waals surface area contributed by atoms with Gasteiger partial charge in [-0.3, -0.25) is 9.55 Å². The van der Waals surface area contributed by atoms with E-state index < -0.39 is 33.2 Å². The number of hydrogen-bond donors (Lipinski definition) is 1. The van der Waals surface area contributed by atoms with Crippen LogP contribution in [0.3, 0.4) is 0 Å². The smallest absolute Gasteiger partial charge is 0.490 e. The summed E-state index contributed by atoms with van der Waals surface area (Å²) in [5.41, 5.74) is 2.07. The largest absolute Gasteiger partial charge is 0.494 e. The Morgan fingerprint density at radius 3 is 2.04 bits per heavy atom. The Morgan fingerprint density at radius 1 is 0.978 bits per heavy atom. The molecule has 1 aromatic carbocycles. The molecule has 0 amide bonds. The quantitative estimate of drug-likeness (QED) is 0.260. The van der Waals surface area contributed by atoms with Crippen LogP contribution in [0.4, 0.5) is 13.2 Å². The van der Waals surface area contributed by atoms with Crippen molar-refractivity contribution in [2.24, 2.45) is 0 Å². The van der Waals surface area contributed by atoms with Crippen LogP contribution < -0.4 is 14.2 Å². The van der Waals surface area contributed by atoms with Crippen molar-refractivity contribution >= 4 is 15.8 Å². The second kappa shape index (κ2) is 14.3. The molecule has 0 spiro atoms. The number of halogens is 3. The Bertz CT molecular complexity index is 1710. The van der Waals surface area contributed by atoms with Gasteiger partial charge in [0.15, 0.2) is 27.2 Å². The molecule has 0 radical (unpaired) electrons. The number of hydrogen-bond acceptors (Lipinski definition) is 11. The molecule has 0 unspecified atom stereocenters. The van der Waals surface area contributed by atoms with E-state index in [0.717, 1.165) is 5.56 Å². The number of para-hydroxylation sites is 1. The maximum Gasteiger partial charge on any atom is 0.490 e. The molecule has 4 aromatic rings. The number of carboxylic acid groups (broad SMARTS) is 1. The first-order chi connectivity index (χ1) is 21.1. The highest BCUT2D eigenvalue weighted by molar-refractivity contribution is 7.91. The molecule has 1 N–H and O–H groups in total. The van der Waals surface area contributed by atoms with Crippen LogP contribution in [0.15, 0.2) is 49.1 Å². The number of benzene rings is 1. The number of carboxylic acids is 1. The third-order valence-corrected chi connectivity index (χ3v) is 8.82. The molecule has 13 nitrogen and oxygen atoms in total. The molecule has 3 heterocycles. The van der Waals surface area contributed by atoms with Crippen LogP contribution in [0.5, 0.6) is 17.2 Å². The molecular formula is C28H31F3N6O7S. The van der Waals surface area contributed by atoms with Gasteiger partial charge in [-0.2, -0.15) is 13.2 Å². The van der Waals surface area contributed by atoms with Gasteiger partial charge in [0.1, 0.15) is 28.8 Å². The predicted molar refractivity (Wildman–Crippen MR) is 155 cm³/mol. The van der Waals surface area contributed by atoms with Gasteiger partial charge in [-0.15, -0.1) is 10.2 Å². The van der Waals surface area contributed by atoms with E-state index in [1.807, 2.05) is 13.0 Å². The summed E-state index contributed by atoms with van der Waals surface area (Å²) < 4.78 is 77.1. The van der Waals surface area contributed by atoms with Crippen molar-refractivity contribution in [3.05, 3.63) is 66.3 Å². The predicted octanol–water partition coefficient (Wildman–Crippen LogP) is 4.19. The summed E-state index contributed by atoms with van der Waals surface area (Å²) in [7, 11) is 0.828. The van der Waals surface area contributed by atoms with Gasteiger partial charge in [0, 0.05) is 23.9 Å². The molecule has 3 aromatic heterocycles. The monoisotopic (exact) mass is 652 g/mol. The topological polar surface area (TPSA) is 169 Å². The summed E-state index contributed by atoms with van der Waals surface area (Å²) in [5, 5.41) is 15.0. The molecule has 2 atom stereocenters. The lowest BCUT2D eigenvalue weighted by molar-refractivity contribution is -0.192. The van der Waals surface area contributed by atoms with Crippen molar-refractivity contribution < 1.29 is 45.7 Å². The van der Waals surface area contributed by atoms with Crippen LogP contribution in [0, 0.1) is 6.92 Å². The Balaban J connectivity index is 0.000000707.